The topological polar surface area (TPSA) is 47.0 Å². The number of hydrogen-bond donors (Lipinski definition) is 0. The SMILES string of the molecule is CC(C)c1ccc(C2CC(CS(C)(=O)=O)C2)c2cnc(Cl)cc12. The predicted molar refractivity (Wildman–Crippen MR) is 96.0 cm³/mol. The van der Waals surface area contributed by atoms with Crippen LogP contribution in [0, 0.1) is 5.92 Å². The summed E-state index contributed by atoms with van der Waals surface area (Å²) in [6.07, 6.45) is 5.06. The number of fused-ring (bicyclic) bond motifs is 1. The van der Waals surface area contributed by atoms with E-state index in [9.17, 15) is 8.42 Å². The fourth-order valence-corrected chi connectivity index (χ4v) is 4.96. The highest BCUT2D eigenvalue weighted by atomic mass is 35.5. The molecule has 3 nitrogen and oxygen atoms in total. The van der Waals surface area contributed by atoms with Crippen molar-refractivity contribution in [1.82, 2.24) is 4.98 Å². The molecule has 0 N–H and O–H groups in total. The number of nitrogens with zero attached hydrogens (tertiary/aromatic N) is 1. The van der Waals surface area contributed by atoms with Gasteiger partial charge in [-0.2, -0.15) is 0 Å². The molecule has 1 aliphatic rings. The third-order valence-electron chi connectivity index (χ3n) is 4.77. The third kappa shape index (κ3) is 3.53. The summed E-state index contributed by atoms with van der Waals surface area (Å²) in [5.41, 5.74) is 2.55. The van der Waals surface area contributed by atoms with Crippen LogP contribution in [0.25, 0.3) is 10.8 Å². The highest BCUT2D eigenvalue weighted by Gasteiger charge is 2.33. The Balaban J connectivity index is 1.93. The van der Waals surface area contributed by atoms with Crippen molar-refractivity contribution in [2.75, 3.05) is 12.0 Å². The Morgan fingerprint density at radius 1 is 1.26 bits per heavy atom. The van der Waals surface area contributed by atoms with Crippen LogP contribution in [-0.2, 0) is 9.84 Å². The van der Waals surface area contributed by atoms with E-state index in [4.69, 9.17) is 11.6 Å². The zero-order valence-corrected chi connectivity index (χ0v) is 15.3. The fraction of sp³-hybridized carbons (Fsp3) is 0.500. The lowest BCUT2D eigenvalue weighted by Gasteiger charge is -2.36. The van der Waals surface area contributed by atoms with Gasteiger partial charge >= 0.3 is 0 Å². The van der Waals surface area contributed by atoms with Crippen LogP contribution in [0.15, 0.2) is 24.4 Å². The molecule has 0 bridgehead atoms. The summed E-state index contributed by atoms with van der Waals surface area (Å²) in [4.78, 5) is 4.26. The highest BCUT2D eigenvalue weighted by Crippen LogP contribution is 2.45. The summed E-state index contributed by atoms with van der Waals surface area (Å²) >= 11 is 6.09. The summed E-state index contributed by atoms with van der Waals surface area (Å²) in [6, 6.07) is 6.32. The van der Waals surface area contributed by atoms with E-state index < -0.39 is 9.84 Å². The van der Waals surface area contributed by atoms with Crippen LogP contribution in [-0.4, -0.2) is 25.4 Å². The molecule has 5 heteroatoms. The standard InChI is InChI=1S/C18H22ClNO2S/c1-11(2)14-4-5-15(17-9-20-18(19)8-16(14)17)13-6-12(7-13)10-23(3,21)22/h4-5,8-9,11-13H,6-7,10H2,1-3H3. The van der Waals surface area contributed by atoms with Gasteiger partial charge in [-0.3, -0.25) is 0 Å². The van der Waals surface area contributed by atoms with Crippen LogP contribution < -0.4 is 0 Å². The van der Waals surface area contributed by atoms with Gasteiger partial charge in [0.15, 0.2) is 0 Å². The number of hydrogen-bond acceptors (Lipinski definition) is 3. The fourth-order valence-electron chi connectivity index (χ4n) is 3.67. The molecule has 23 heavy (non-hydrogen) atoms. The minimum atomic E-state index is -2.89. The quantitative estimate of drug-likeness (QED) is 0.759. The van der Waals surface area contributed by atoms with Crippen molar-refractivity contribution >= 4 is 32.2 Å². The van der Waals surface area contributed by atoms with Crippen LogP contribution in [0.2, 0.25) is 5.15 Å². The summed E-state index contributed by atoms with van der Waals surface area (Å²) < 4.78 is 22.8. The lowest BCUT2D eigenvalue weighted by molar-refractivity contribution is 0.292. The third-order valence-corrected chi connectivity index (χ3v) is 6.05. The molecule has 1 aromatic carbocycles. The maximum absolute atomic E-state index is 11.4. The lowest BCUT2D eigenvalue weighted by atomic mass is 9.71. The number of halogens is 1. The van der Waals surface area contributed by atoms with E-state index in [0.29, 0.717) is 22.7 Å². The molecule has 2 aromatic rings. The molecular weight excluding hydrogens is 330 g/mol. The first-order chi connectivity index (χ1) is 10.7. The largest absolute Gasteiger partial charge is 0.244 e. The van der Waals surface area contributed by atoms with E-state index in [-0.39, 0.29) is 5.92 Å². The molecule has 0 atom stereocenters. The second kappa shape index (κ2) is 6.06. The molecular formula is C18H22ClNO2S. The molecule has 0 aliphatic heterocycles. The van der Waals surface area contributed by atoms with Crippen molar-refractivity contribution in [1.29, 1.82) is 0 Å². The van der Waals surface area contributed by atoms with E-state index >= 15 is 0 Å². The molecule has 0 amide bonds. The van der Waals surface area contributed by atoms with Crippen LogP contribution >= 0.6 is 11.6 Å². The lowest BCUT2D eigenvalue weighted by Crippen LogP contribution is -2.28. The molecule has 1 fully saturated rings. The van der Waals surface area contributed by atoms with Crippen molar-refractivity contribution < 1.29 is 8.42 Å². The smallest absolute Gasteiger partial charge is 0.147 e. The summed E-state index contributed by atoms with van der Waals surface area (Å²) in [6.45, 7) is 4.35. The van der Waals surface area contributed by atoms with E-state index in [1.165, 1.54) is 22.8 Å². The van der Waals surface area contributed by atoms with Crippen LogP contribution in [0.3, 0.4) is 0 Å². The van der Waals surface area contributed by atoms with Gasteiger partial charge in [-0.15, -0.1) is 0 Å². The Kier molecular flexibility index (Phi) is 4.41. The number of pyridine rings is 1. The first kappa shape index (κ1) is 16.7. The Bertz CT molecular complexity index is 839. The van der Waals surface area contributed by atoms with Crippen molar-refractivity contribution in [2.45, 2.75) is 38.5 Å². The van der Waals surface area contributed by atoms with Crippen LogP contribution in [0.4, 0.5) is 0 Å². The molecule has 124 valence electrons. The van der Waals surface area contributed by atoms with Gasteiger partial charge in [-0.05, 0) is 53.2 Å². The minimum Gasteiger partial charge on any atom is -0.244 e. The van der Waals surface area contributed by atoms with Crippen molar-refractivity contribution in [3.63, 3.8) is 0 Å². The normalized spacial score (nSPS) is 21.6. The van der Waals surface area contributed by atoms with Crippen molar-refractivity contribution in [3.05, 3.63) is 40.7 Å². The van der Waals surface area contributed by atoms with E-state index in [1.54, 1.807) is 0 Å². The molecule has 1 saturated carbocycles. The summed E-state index contributed by atoms with van der Waals surface area (Å²) in [5, 5.41) is 2.84. The molecule has 0 unspecified atom stereocenters. The Labute approximate surface area is 143 Å². The second-order valence-corrected chi connectivity index (χ2v) is 9.65. The number of benzene rings is 1. The van der Waals surface area contributed by atoms with E-state index in [2.05, 4.69) is 31.0 Å². The van der Waals surface area contributed by atoms with Gasteiger partial charge < -0.3 is 0 Å². The summed E-state index contributed by atoms with van der Waals surface area (Å²) in [5.74, 6) is 1.43. The summed E-state index contributed by atoms with van der Waals surface area (Å²) in [7, 11) is -2.89. The second-order valence-electron chi connectivity index (χ2n) is 7.08. The minimum absolute atomic E-state index is 0.287. The monoisotopic (exact) mass is 351 g/mol. The predicted octanol–water partition coefficient (Wildman–Crippen LogP) is 4.55. The zero-order valence-electron chi connectivity index (χ0n) is 13.7. The van der Waals surface area contributed by atoms with E-state index in [1.807, 2.05) is 12.3 Å². The maximum atomic E-state index is 11.4. The molecule has 1 aromatic heterocycles. The van der Waals surface area contributed by atoms with Crippen LogP contribution in [0.1, 0.15) is 49.7 Å². The zero-order chi connectivity index (χ0) is 16.8. The van der Waals surface area contributed by atoms with Gasteiger partial charge in [-0.25, -0.2) is 13.4 Å². The maximum Gasteiger partial charge on any atom is 0.147 e. The van der Waals surface area contributed by atoms with Gasteiger partial charge in [0.05, 0.1) is 5.75 Å². The van der Waals surface area contributed by atoms with Crippen molar-refractivity contribution in [2.24, 2.45) is 5.92 Å². The van der Waals surface area contributed by atoms with Crippen molar-refractivity contribution in [3.8, 4) is 0 Å². The molecule has 1 aliphatic carbocycles. The number of rotatable bonds is 4. The van der Waals surface area contributed by atoms with Gasteiger partial charge in [0.1, 0.15) is 15.0 Å². The first-order valence-corrected chi connectivity index (χ1v) is 10.4. The number of sulfone groups is 1. The van der Waals surface area contributed by atoms with Gasteiger partial charge in [0.25, 0.3) is 0 Å². The Morgan fingerprint density at radius 2 is 1.96 bits per heavy atom. The Hall–Kier alpha value is -1.13. The van der Waals surface area contributed by atoms with E-state index in [0.717, 1.165) is 18.2 Å². The van der Waals surface area contributed by atoms with Gasteiger partial charge in [0.2, 0.25) is 0 Å². The van der Waals surface area contributed by atoms with Gasteiger partial charge in [0, 0.05) is 17.8 Å². The van der Waals surface area contributed by atoms with Gasteiger partial charge in [-0.1, -0.05) is 37.6 Å². The molecule has 1 heterocycles. The highest BCUT2D eigenvalue weighted by molar-refractivity contribution is 7.90. The average Bonchev–Trinajstić information content (AvgIpc) is 2.40. The van der Waals surface area contributed by atoms with Crippen LogP contribution in [0.5, 0.6) is 0 Å². The molecule has 0 saturated heterocycles. The molecule has 0 spiro atoms. The first-order valence-electron chi connectivity index (χ1n) is 8.00. The number of aromatic nitrogens is 1. The Morgan fingerprint density at radius 3 is 2.57 bits per heavy atom. The molecule has 3 rings (SSSR count). The molecule has 0 radical (unpaired) electrons. The average molecular weight is 352 g/mol.